The van der Waals surface area contributed by atoms with Crippen LogP contribution in [0.15, 0.2) is 29.4 Å². The van der Waals surface area contributed by atoms with E-state index in [1.54, 1.807) is 6.20 Å². The number of hydrogen-bond donors (Lipinski definition) is 2. The predicted octanol–water partition coefficient (Wildman–Crippen LogP) is 1.87. The van der Waals surface area contributed by atoms with Crippen molar-refractivity contribution in [1.82, 2.24) is 20.5 Å². The van der Waals surface area contributed by atoms with Crippen molar-refractivity contribution in [3.8, 4) is 0 Å². The van der Waals surface area contributed by atoms with Gasteiger partial charge in [0.1, 0.15) is 0 Å². The zero-order chi connectivity index (χ0) is 15.5. The lowest BCUT2D eigenvalue weighted by Crippen LogP contribution is -2.42. The molecule has 1 atom stereocenters. The van der Waals surface area contributed by atoms with Gasteiger partial charge in [0.15, 0.2) is 5.96 Å². The van der Waals surface area contributed by atoms with Crippen molar-refractivity contribution >= 4 is 5.96 Å². The van der Waals surface area contributed by atoms with Gasteiger partial charge in [0.2, 0.25) is 0 Å². The van der Waals surface area contributed by atoms with Crippen LogP contribution in [0.4, 0.5) is 0 Å². The van der Waals surface area contributed by atoms with Crippen LogP contribution in [0, 0.1) is 0 Å². The van der Waals surface area contributed by atoms with Crippen LogP contribution in [0.3, 0.4) is 0 Å². The fourth-order valence-corrected chi connectivity index (χ4v) is 1.88. The van der Waals surface area contributed by atoms with Gasteiger partial charge in [-0.15, -0.1) is 0 Å². The highest BCUT2D eigenvalue weighted by atomic mass is 15.2. The summed E-state index contributed by atoms with van der Waals surface area (Å²) >= 11 is 0. The van der Waals surface area contributed by atoms with Crippen molar-refractivity contribution in [2.24, 2.45) is 4.99 Å². The summed E-state index contributed by atoms with van der Waals surface area (Å²) in [5, 5.41) is 6.63. The van der Waals surface area contributed by atoms with Gasteiger partial charge in [-0.1, -0.05) is 13.0 Å². The molecule has 1 aromatic rings. The molecule has 0 amide bonds. The molecule has 0 saturated heterocycles. The molecule has 0 bridgehead atoms. The maximum Gasteiger partial charge on any atom is 0.191 e. The lowest BCUT2D eigenvalue weighted by molar-refractivity contribution is 0.255. The van der Waals surface area contributed by atoms with Gasteiger partial charge < -0.3 is 15.5 Å². The molecule has 1 heterocycles. The molecule has 1 rings (SSSR count). The Morgan fingerprint density at radius 3 is 2.76 bits per heavy atom. The maximum absolute atomic E-state index is 4.56. The van der Waals surface area contributed by atoms with Crippen molar-refractivity contribution in [3.05, 3.63) is 30.1 Å². The second-order valence-electron chi connectivity index (χ2n) is 5.18. The molecular formula is C16H29N5. The second-order valence-corrected chi connectivity index (χ2v) is 5.18. The van der Waals surface area contributed by atoms with Crippen LogP contribution in [-0.2, 0) is 6.54 Å². The molecule has 1 aromatic heterocycles. The first-order valence-electron chi connectivity index (χ1n) is 7.79. The highest BCUT2D eigenvalue weighted by Crippen LogP contribution is 1.98. The Bertz CT molecular complexity index is 404. The van der Waals surface area contributed by atoms with Crippen LogP contribution >= 0.6 is 0 Å². The zero-order valence-electron chi connectivity index (χ0n) is 13.8. The molecule has 5 nitrogen and oxygen atoms in total. The van der Waals surface area contributed by atoms with Crippen molar-refractivity contribution in [2.45, 2.75) is 39.8 Å². The summed E-state index contributed by atoms with van der Waals surface area (Å²) < 4.78 is 0. The standard InChI is InChI=1S/C16H29N5/c1-5-14(3)21(4)12-11-19-16(17-6-2)20-13-15-9-7-8-10-18-15/h7-10,14H,5-6,11-13H2,1-4H3,(H2,17,19,20). The molecule has 0 aromatic carbocycles. The molecule has 2 N–H and O–H groups in total. The second kappa shape index (κ2) is 10.2. The molecule has 0 fully saturated rings. The predicted molar refractivity (Wildman–Crippen MR) is 89.4 cm³/mol. The maximum atomic E-state index is 4.56. The van der Waals surface area contributed by atoms with Crippen LogP contribution in [0.25, 0.3) is 0 Å². The molecule has 0 spiro atoms. The van der Waals surface area contributed by atoms with Crippen LogP contribution < -0.4 is 10.6 Å². The van der Waals surface area contributed by atoms with Crippen molar-refractivity contribution in [3.63, 3.8) is 0 Å². The van der Waals surface area contributed by atoms with Gasteiger partial charge in [-0.2, -0.15) is 0 Å². The van der Waals surface area contributed by atoms with Gasteiger partial charge in [-0.3, -0.25) is 4.98 Å². The summed E-state index contributed by atoms with van der Waals surface area (Å²) in [5.74, 6) is 0.848. The third-order valence-corrected chi connectivity index (χ3v) is 3.57. The van der Waals surface area contributed by atoms with Crippen LogP contribution in [0.1, 0.15) is 32.9 Å². The van der Waals surface area contributed by atoms with E-state index >= 15 is 0 Å². The highest BCUT2D eigenvalue weighted by molar-refractivity contribution is 5.79. The van der Waals surface area contributed by atoms with E-state index in [1.165, 1.54) is 6.42 Å². The number of aliphatic imine (C=N–C) groups is 1. The molecule has 1 unspecified atom stereocenters. The van der Waals surface area contributed by atoms with Gasteiger partial charge in [0.05, 0.1) is 12.2 Å². The summed E-state index contributed by atoms with van der Waals surface area (Å²) in [4.78, 5) is 11.2. The first-order chi connectivity index (χ1) is 10.2. The van der Waals surface area contributed by atoms with Gasteiger partial charge in [0.25, 0.3) is 0 Å². The number of guanidine groups is 1. The molecule has 0 aliphatic carbocycles. The Morgan fingerprint density at radius 1 is 1.33 bits per heavy atom. The van der Waals surface area contributed by atoms with Crippen molar-refractivity contribution < 1.29 is 0 Å². The number of aromatic nitrogens is 1. The summed E-state index contributed by atoms with van der Waals surface area (Å²) in [6.45, 7) is 9.88. The van der Waals surface area contributed by atoms with E-state index in [-0.39, 0.29) is 0 Å². The highest BCUT2D eigenvalue weighted by Gasteiger charge is 2.06. The zero-order valence-corrected chi connectivity index (χ0v) is 13.8. The summed E-state index contributed by atoms with van der Waals surface area (Å²) in [6, 6.07) is 6.50. The summed E-state index contributed by atoms with van der Waals surface area (Å²) in [6.07, 6.45) is 2.97. The van der Waals surface area contributed by atoms with Crippen LogP contribution in [0.5, 0.6) is 0 Å². The van der Waals surface area contributed by atoms with E-state index in [0.717, 1.165) is 31.3 Å². The van der Waals surface area contributed by atoms with E-state index in [2.05, 4.69) is 53.3 Å². The smallest absolute Gasteiger partial charge is 0.191 e. The van der Waals surface area contributed by atoms with Crippen LogP contribution in [-0.4, -0.2) is 48.6 Å². The van der Waals surface area contributed by atoms with Crippen molar-refractivity contribution in [2.75, 3.05) is 26.7 Å². The number of pyridine rings is 1. The minimum atomic E-state index is 0.595. The van der Waals surface area contributed by atoms with E-state index in [0.29, 0.717) is 12.6 Å². The first-order valence-corrected chi connectivity index (χ1v) is 7.79. The Balaban J connectivity index is 2.42. The molecule has 0 aliphatic heterocycles. The molecule has 0 saturated carbocycles. The van der Waals surface area contributed by atoms with E-state index in [4.69, 9.17) is 0 Å². The minimum absolute atomic E-state index is 0.595. The third-order valence-electron chi connectivity index (χ3n) is 3.57. The average molecular weight is 291 g/mol. The Morgan fingerprint density at radius 2 is 2.14 bits per heavy atom. The average Bonchev–Trinajstić information content (AvgIpc) is 2.52. The van der Waals surface area contributed by atoms with Gasteiger partial charge in [-0.25, -0.2) is 4.99 Å². The number of nitrogens with zero attached hydrogens (tertiary/aromatic N) is 3. The summed E-state index contributed by atoms with van der Waals surface area (Å²) in [5.41, 5.74) is 0.978. The SMILES string of the molecule is CCNC(=NCc1ccccn1)NCCN(C)C(C)CC. The molecular weight excluding hydrogens is 262 g/mol. The van der Waals surface area contributed by atoms with E-state index in [9.17, 15) is 0 Å². The topological polar surface area (TPSA) is 52.6 Å². The quantitative estimate of drug-likeness (QED) is 0.567. The number of nitrogens with one attached hydrogen (secondary N) is 2. The Labute approximate surface area is 128 Å². The normalized spacial score (nSPS) is 13.3. The Hall–Kier alpha value is -1.62. The third kappa shape index (κ3) is 7.09. The van der Waals surface area contributed by atoms with E-state index in [1.807, 2.05) is 18.2 Å². The molecule has 0 radical (unpaired) electrons. The lowest BCUT2D eigenvalue weighted by Gasteiger charge is -2.23. The van der Waals surface area contributed by atoms with Gasteiger partial charge in [0, 0.05) is 31.9 Å². The van der Waals surface area contributed by atoms with E-state index < -0.39 is 0 Å². The Kier molecular flexibility index (Phi) is 8.43. The summed E-state index contributed by atoms with van der Waals surface area (Å²) in [7, 11) is 2.16. The molecule has 21 heavy (non-hydrogen) atoms. The fraction of sp³-hybridized carbons (Fsp3) is 0.625. The fourth-order valence-electron chi connectivity index (χ4n) is 1.88. The van der Waals surface area contributed by atoms with Crippen molar-refractivity contribution in [1.29, 1.82) is 0 Å². The lowest BCUT2D eigenvalue weighted by atomic mass is 10.2. The monoisotopic (exact) mass is 291 g/mol. The molecule has 5 heteroatoms. The minimum Gasteiger partial charge on any atom is -0.357 e. The number of hydrogen-bond acceptors (Lipinski definition) is 3. The van der Waals surface area contributed by atoms with Crippen LogP contribution in [0.2, 0.25) is 0 Å². The molecule has 118 valence electrons. The van der Waals surface area contributed by atoms with Gasteiger partial charge in [-0.05, 0) is 39.4 Å². The van der Waals surface area contributed by atoms with Gasteiger partial charge >= 0.3 is 0 Å². The first kappa shape index (κ1) is 17.4. The number of likely N-dealkylation sites (N-methyl/N-ethyl adjacent to an activating group) is 1. The molecule has 0 aliphatic rings. The largest absolute Gasteiger partial charge is 0.357 e. The number of rotatable bonds is 8.